The van der Waals surface area contributed by atoms with Crippen molar-refractivity contribution in [3.63, 3.8) is 0 Å². The molecule has 11 heteroatoms. The van der Waals surface area contributed by atoms with Crippen molar-refractivity contribution in [1.29, 1.82) is 0 Å². The first-order valence-corrected chi connectivity index (χ1v) is 6.42. The Labute approximate surface area is 131 Å². The summed E-state index contributed by atoms with van der Waals surface area (Å²) in [7, 11) is 0. The third-order valence-corrected chi connectivity index (χ3v) is 3.23. The zero-order valence-corrected chi connectivity index (χ0v) is 12.3. The van der Waals surface area contributed by atoms with Gasteiger partial charge in [-0.25, -0.2) is 0 Å². The van der Waals surface area contributed by atoms with Gasteiger partial charge in [0.05, 0.1) is 6.42 Å². The fourth-order valence-electron chi connectivity index (χ4n) is 1.48. The normalized spacial score (nSPS) is 14.0. The van der Waals surface area contributed by atoms with E-state index in [0.717, 1.165) is 18.2 Å². The molecule has 130 valence electrons. The molecule has 0 radical (unpaired) electrons. The molecule has 1 nitrogen and oxygen atoms in total. The summed E-state index contributed by atoms with van der Waals surface area (Å²) in [6.45, 7) is 0. The van der Waals surface area contributed by atoms with Crippen molar-refractivity contribution in [3.05, 3.63) is 34.3 Å². The minimum absolute atomic E-state index is 0.194. The molecule has 0 unspecified atom stereocenters. The molecule has 0 atom stereocenters. The Balaban J connectivity index is 3.13. The first kappa shape index (κ1) is 19.8. The van der Waals surface area contributed by atoms with E-state index in [4.69, 9.17) is 0 Å². The van der Waals surface area contributed by atoms with Crippen LogP contribution in [0.3, 0.4) is 0 Å². The fraction of sp³-hybridized carbons (Fsp3) is 0.417. The molecule has 0 aromatic heterocycles. The van der Waals surface area contributed by atoms with Crippen LogP contribution in [0.15, 0.2) is 28.7 Å². The van der Waals surface area contributed by atoms with Crippen molar-refractivity contribution >= 4 is 21.7 Å². The Bertz CT molecular complexity index is 594. The Morgan fingerprint density at radius 1 is 0.913 bits per heavy atom. The van der Waals surface area contributed by atoms with Gasteiger partial charge in [-0.3, -0.25) is 4.79 Å². The predicted molar refractivity (Wildman–Crippen MR) is 64.0 cm³/mol. The molecule has 0 heterocycles. The lowest BCUT2D eigenvalue weighted by atomic mass is 9.96. The number of carbonyl (C=O) groups excluding carboxylic acids is 1. The van der Waals surface area contributed by atoms with Crippen LogP contribution < -0.4 is 0 Å². The third-order valence-electron chi connectivity index (χ3n) is 2.74. The largest absolute Gasteiger partial charge is 0.460 e. The van der Waals surface area contributed by atoms with Gasteiger partial charge in [-0.2, -0.15) is 39.5 Å². The Hall–Kier alpha value is -1.26. The Kier molecular flexibility index (Phi) is 5.15. The molecule has 0 N–H and O–H groups in total. The van der Waals surface area contributed by atoms with E-state index in [0.29, 0.717) is 0 Å². The SMILES string of the molecule is O=C(CC(F)(F)C(F)(F)C(F)(F)C(F)(F)F)c1cccc(Br)c1. The second-order valence-electron chi connectivity index (χ2n) is 4.46. The average Bonchev–Trinajstić information content (AvgIpc) is 2.36. The van der Waals surface area contributed by atoms with Gasteiger partial charge in [0.1, 0.15) is 0 Å². The molecule has 0 spiro atoms. The lowest BCUT2D eigenvalue weighted by Gasteiger charge is -2.33. The molecule has 0 saturated heterocycles. The minimum Gasteiger partial charge on any atom is -0.294 e. The molecule has 1 aromatic carbocycles. The van der Waals surface area contributed by atoms with Crippen LogP contribution in [0, 0.1) is 0 Å². The van der Waals surface area contributed by atoms with Gasteiger partial charge in [-0.15, -0.1) is 0 Å². The van der Waals surface area contributed by atoms with Crippen molar-refractivity contribution in [2.45, 2.75) is 30.4 Å². The molecule has 0 fully saturated rings. The molecule has 0 aliphatic heterocycles. The molecular formula is C12H6BrF9O. The Morgan fingerprint density at radius 3 is 1.87 bits per heavy atom. The van der Waals surface area contributed by atoms with E-state index in [1.54, 1.807) is 0 Å². The van der Waals surface area contributed by atoms with Crippen molar-refractivity contribution in [3.8, 4) is 0 Å². The van der Waals surface area contributed by atoms with Crippen LogP contribution in [0.5, 0.6) is 0 Å². The maximum Gasteiger partial charge on any atom is 0.460 e. The standard InChI is InChI=1S/C12H6BrF9O/c13-7-3-1-2-6(4-7)8(23)5-9(14,15)10(16,17)11(18,19)12(20,21)22/h1-4H,5H2. The van der Waals surface area contributed by atoms with Crippen LogP contribution in [-0.4, -0.2) is 29.7 Å². The van der Waals surface area contributed by atoms with Crippen LogP contribution in [0.4, 0.5) is 39.5 Å². The zero-order valence-electron chi connectivity index (χ0n) is 10.7. The molecule has 0 amide bonds. The van der Waals surface area contributed by atoms with Crippen LogP contribution in [0.1, 0.15) is 16.8 Å². The summed E-state index contributed by atoms with van der Waals surface area (Å²) in [6.07, 6.45) is -9.42. The summed E-state index contributed by atoms with van der Waals surface area (Å²) < 4.78 is 114. The van der Waals surface area contributed by atoms with Gasteiger partial charge >= 0.3 is 23.9 Å². The summed E-state index contributed by atoms with van der Waals surface area (Å²) in [5.41, 5.74) is -0.551. The van der Waals surface area contributed by atoms with Crippen molar-refractivity contribution in [1.82, 2.24) is 0 Å². The van der Waals surface area contributed by atoms with Gasteiger partial charge in [0, 0.05) is 10.0 Å². The molecule has 0 saturated carbocycles. The number of benzene rings is 1. The molecule has 0 aliphatic rings. The van der Waals surface area contributed by atoms with E-state index in [9.17, 15) is 44.3 Å². The Morgan fingerprint density at radius 2 is 1.43 bits per heavy atom. The van der Waals surface area contributed by atoms with Crippen LogP contribution in [-0.2, 0) is 0 Å². The second kappa shape index (κ2) is 5.99. The number of ketones is 1. The highest BCUT2D eigenvalue weighted by atomic mass is 79.9. The highest BCUT2D eigenvalue weighted by Crippen LogP contribution is 2.54. The maximum absolute atomic E-state index is 13.3. The van der Waals surface area contributed by atoms with E-state index in [1.165, 1.54) is 6.07 Å². The van der Waals surface area contributed by atoms with E-state index in [2.05, 4.69) is 15.9 Å². The van der Waals surface area contributed by atoms with E-state index >= 15 is 0 Å². The molecule has 0 aliphatic carbocycles. The molecule has 0 bridgehead atoms. The minimum atomic E-state index is -7.00. The van der Waals surface area contributed by atoms with Gasteiger partial charge in [0.25, 0.3) is 0 Å². The van der Waals surface area contributed by atoms with Crippen LogP contribution in [0.25, 0.3) is 0 Å². The number of Topliss-reactive ketones (excluding diaryl/α,β-unsaturated/α-hetero) is 1. The second-order valence-corrected chi connectivity index (χ2v) is 5.38. The van der Waals surface area contributed by atoms with Gasteiger partial charge in [-0.1, -0.05) is 28.1 Å². The molecule has 1 aromatic rings. The first-order valence-electron chi connectivity index (χ1n) is 5.62. The summed E-state index contributed by atoms with van der Waals surface area (Å²) in [4.78, 5) is 11.5. The van der Waals surface area contributed by atoms with Crippen molar-refractivity contribution < 1.29 is 44.3 Å². The summed E-state index contributed by atoms with van der Waals surface area (Å²) in [6, 6.07) is 4.36. The number of hydrogen-bond donors (Lipinski definition) is 0. The van der Waals surface area contributed by atoms with Gasteiger partial charge in [-0.05, 0) is 12.1 Å². The molecule has 1 rings (SSSR count). The number of hydrogen-bond acceptors (Lipinski definition) is 1. The van der Waals surface area contributed by atoms with Crippen molar-refractivity contribution in [2.24, 2.45) is 0 Å². The first-order chi connectivity index (χ1) is 10.1. The lowest BCUT2D eigenvalue weighted by Crippen LogP contribution is -2.61. The topological polar surface area (TPSA) is 17.1 Å². The van der Waals surface area contributed by atoms with Gasteiger partial charge in [0.15, 0.2) is 5.78 Å². The highest BCUT2D eigenvalue weighted by Gasteiger charge is 2.81. The number of alkyl halides is 9. The third kappa shape index (κ3) is 3.64. The highest BCUT2D eigenvalue weighted by molar-refractivity contribution is 9.10. The predicted octanol–water partition coefficient (Wildman–Crippen LogP) is 5.49. The monoisotopic (exact) mass is 416 g/mol. The number of halogens is 10. The number of carbonyl (C=O) groups is 1. The van der Waals surface area contributed by atoms with E-state index in [1.807, 2.05) is 0 Å². The van der Waals surface area contributed by atoms with E-state index < -0.39 is 41.7 Å². The number of rotatable bonds is 5. The summed E-state index contributed by atoms with van der Waals surface area (Å²) in [5, 5.41) is 0. The zero-order chi connectivity index (χ0) is 18.3. The lowest BCUT2D eigenvalue weighted by molar-refractivity contribution is -0.395. The maximum atomic E-state index is 13.3. The molecular weight excluding hydrogens is 411 g/mol. The fourth-order valence-corrected chi connectivity index (χ4v) is 1.88. The molecule has 23 heavy (non-hydrogen) atoms. The van der Waals surface area contributed by atoms with Crippen LogP contribution >= 0.6 is 15.9 Å². The average molecular weight is 417 g/mol. The quantitative estimate of drug-likeness (QED) is 0.458. The van der Waals surface area contributed by atoms with Crippen LogP contribution in [0.2, 0.25) is 0 Å². The van der Waals surface area contributed by atoms with Gasteiger partial charge in [0.2, 0.25) is 0 Å². The van der Waals surface area contributed by atoms with E-state index in [-0.39, 0.29) is 4.47 Å². The summed E-state index contributed by atoms with van der Waals surface area (Å²) in [5.74, 6) is -21.4. The smallest absolute Gasteiger partial charge is 0.294 e. The van der Waals surface area contributed by atoms with Crippen molar-refractivity contribution in [2.75, 3.05) is 0 Å². The van der Waals surface area contributed by atoms with Gasteiger partial charge < -0.3 is 0 Å². The summed E-state index contributed by atoms with van der Waals surface area (Å²) >= 11 is 2.85.